The minimum atomic E-state index is -3.87. The number of rotatable bonds is 4. The van der Waals surface area contributed by atoms with Gasteiger partial charge in [-0.3, -0.25) is 4.18 Å². The van der Waals surface area contributed by atoms with E-state index in [-0.39, 0.29) is 11.5 Å². The molecule has 0 amide bonds. The van der Waals surface area contributed by atoms with Gasteiger partial charge in [-0.2, -0.15) is 0 Å². The molecule has 1 heterocycles. The van der Waals surface area contributed by atoms with Gasteiger partial charge in [0.1, 0.15) is 0 Å². The van der Waals surface area contributed by atoms with Crippen molar-refractivity contribution < 1.29 is 16.8 Å². The van der Waals surface area contributed by atoms with Crippen molar-refractivity contribution in [1.29, 1.82) is 0 Å². The summed E-state index contributed by atoms with van der Waals surface area (Å²) in [6.45, 7) is 2.00. The average molecular weight is 351 g/mol. The largest absolute Gasteiger partial charge is 0.276 e. The molecule has 7 heteroatoms. The molecule has 2 atom stereocenters. The molecule has 0 N–H and O–H groups in total. The van der Waals surface area contributed by atoms with Crippen molar-refractivity contribution in [2.75, 3.05) is 6.61 Å². The van der Waals surface area contributed by atoms with Crippen molar-refractivity contribution in [3.8, 4) is 0 Å². The second-order valence-corrected chi connectivity index (χ2v) is 8.53. The smallest absolute Gasteiger partial charge is 0.256 e. The minimum absolute atomic E-state index is 0.118. The highest BCUT2D eigenvalue weighted by Gasteiger charge is 2.42. The Hall–Kier alpha value is -1.54. The molecule has 5 nitrogen and oxygen atoms in total. The average Bonchev–Trinajstić information content (AvgIpc) is 2.90. The molecule has 3 rings (SSSR count). The molecule has 0 radical (unpaired) electrons. The lowest BCUT2D eigenvalue weighted by Crippen LogP contribution is -2.38. The van der Waals surface area contributed by atoms with Crippen LogP contribution in [-0.4, -0.2) is 29.0 Å². The third-order valence-electron chi connectivity index (χ3n) is 3.68. The van der Waals surface area contributed by atoms with Crippen LogP contribution < -0.4 is 0 Å². The van der Waals surface area contributed by atoms with Crippen LogP contribution in [0.15, 0.2) is 59.5 Å². The lowest BCUT2D eigenvalue weighted by molar-refractivity contribution is 0.340. The van der Waals surface area contributed by atoms with Gasteiger partial charge in [-0.25, -0.2) is 12.6 Å². The predicted octanol–water partition coefficient (Wildman–Crippen LogP) is 2.21. The first-order valence-corrected chi connectivity index (χ1v) is 9.66. The minimum Gasteiger partial charge on any atom is -0.276 e. The van der Waals surface area contributed by atoms with Gasteiger partial charge >= 0.3 is 0 Å². The highest BCUT2D eigenvalue weighted by atomic mass is 32.3. The summed E-state index contributed by atoms with van der Waals surface area (Å²) in [5.74, 6) is 0. The molecule has 2 aromatic carbocycles. The zero-order chi connectivity index (χ0) is 16.4. The third kappa shape index (κ3) is 3.37. The molecule has 0 aliphatic carbocycles. The van der Waals surface area contributed by atoms with E-state index in [4.69, 9.17) is 4.18 Å². The summed E-state index contributed by atoms with van der Waals surface area (Å²) in [6, 6.07) is 15.5. The van der Waals surface area contributed by atoms with Crippen molar-refractivity contribution in [3.63, 3.8) is 0 Å². The van der Waals surface area contributed by atoms with Gasteiger partial charge in [-0.05, 0) is 31.0 Å². The summed E-state index contributed by atoms with van der Waals surface area (Å²) < 4.78 is 43.8. The number of sulfonamides is 1. The van der Waals surface area contributed by atoms with Crippen molar-refractivity contribution >= 4 is 21.3 Å². The molecular weight excluding hydrogens is 334 g/mol. The molecular formula is C16H17NO4S2. The highest BCUT2D eigenvalue weighted by molar-refractivity contribution is 7.99. The van der Waals surface area contributed by atoms with E-state index >= 15 is 0 Å². The van der Waals surface area contributed by atoms with Crippen molar-refractivity contribution in [1.82, 2.24) is 3.71 Å². The Morgan fingerprint density at radius 3 is 2.43 bits per heavy atom. The lowest BCUT2D eigenvalue weighted by atomic mass is 10.1. The lowest BCUT2D eigenvalue weighted by Gasteiger charge is -2.20. The van der Waals surface area contributed by atoms with Gasteiger partial charge in [0.05, 0.1) is 17.5 Å². The maximum absolute atomic E-state index is 12.8. The van der Waals surface area contributed by atoms with Crippen molar-refractivity contribution in [2.45, 2.75) is 24.3 Å². The summed E-state index contributed by atoms with van der Waals surface area (Å²) in [4.78, 5) is 0.125. The van der Waals surface area contributed by atoms with Gasteiger partial charge in [-0.1, -0.05) is 51.7 Å². The summed E-state index contributed by atoms with van der Waals surface area (Å²) in [5, 5.41) is 0. The molecule has 1 unspecified atom stereocenters. The van der Waals surface area contributed by atoms with E-state index in [0.717, 1.165) is 14.8 Å². The highest BCUT2D eigenvalue weighted by Crippen LogP contribution is 2.27. The number of nitrogens with zero attached hydrogens (tertiary/aromatic N) is 1. The number of hydrogen-bond donors (Lipinski definition) is 0. The van der Waals surface area contributed by atoms with E-state index in [1.807, 2.05) is 37.3 Å². The fourth-order valence-corrected chi connectivity index (χ4v) is 5.48. The van der Waals surface area contributed by atoms with Crippen LogP contribution in [0.5, 0.6) is 0 Å². The van der Waals surface area contributed by atoms with Gasteiger partial charge in [0.15, 0.2) is 0 Å². The van der Waals surface area contributed by atoms with Crippen LogP contribution >= 0.6 is 0 Å². The first-order chi connectivity index (χ1) is 11.0. The predicted molar refractivity (Wildman–Crippen MR) is 88.2 cm³/mol. The monoisotopic (exact) mass is 351 g/mol. The molecule has 1 fully saturated rings. The van der Waals surface area contributed by atoms with Gasteiger partial charge in [0.2, 0.25) is 0 Å². The van der Waals surface area contributed by atoms with Gasteiger partial charge in [-0.15, -0.1) is 0 Å². The van der Waals surface area contributed by atoms with Crippen molar-refractivity contribution in [3.05, 3.63) is 65.7 Å². The molecule has 1 saturated heterocycles. The molecule has 23 heavy (non-hydrogen) atoms. The summed E-state index contributed by atoms with van der Waals surface area (Å²) in [6.07, 6.45) is 0.456. The molecule has 0 bridgehead atoms. The van der Waals surface area contributed by atoms with Crippen LogP contribution in [0.25, 0.3) is 0 Å². The van der Waals surface area contributed by atoms with E-state index in [1.54, 1.807) is 12.1 Å². The Morgan fingerprint density at radius 1 is 1.13 bits per heavy atom. The fourth-order valence-electron chi connectivity index (χ4n) is 2.48. The summed E-state index contributed by atoms with van der Waals surface area (Å²) in [5.41, 5.74) is 1.94. The van der Waals surface area contributed by atoms with Crippen LogP contribution in [0.3, 0.4) is 0 Å². The maximum atomic E-state index is 12.8. The molecule has 0 aromatic heterocycles. The molecule has 0 saturated carbocycles. The Balaban J connectivity index is 1.91. The van der Waals surface area contributed by atoms with Crippen molar-refractivity contribution in [2.24, 2.45) is 0 Å². The normalized spacial score (nSPS) is 22.3. The topological polar surface area (TPSA) is 63.7 Å². The van der Waals surface area contributed by atoms with E-state index in [0.29, 0.717) is 6.42 Å². The quantitative estimate of drug-likeness (QED) is 0.847. The second-order valence-electron chi connectivity index (χ2n) is 5.42. The standard InChI is InChI=1S/C16H17NO4S2/c1-13-7-9-16(10-8-13)23(19,20)17-15(12-21-22(17)18)11-14-5-3-2-4-6-14/h2-10,15H,11-12H2,1H3/t15-,22?/m0/s1. The number of aryl methyl sites for hydroxylation is 1. The van der Waals surface area contributed by atoms with E-state index in [1.165, 1.54) is 12.1 Å². The zero-order valence-electron chi connectivity index (χ0n) is 12.6. The van der Waals surface area contributed by atoms with Crippen LogP contribution in [0, 0.1) is 6.92 Å². The zero-order valence-corrected chi connectivity index (χ0v) is 14.2. The third-order valence-corrected chi connectivity index (χ3v) is 7.20. The Morgan fingerprint density at radius 2 is 1.78 bits per heavy atom. The summed E-state index contributed by atoms with van der Waals surface area (Å²) in [7, 11) is -3.87. The number of benzene rings is 2. The molecule has 0 spiro atoms. The van der Waals surface area contributed by atoms with E-state index in [9.17, 15) is 12.6 Å². The first kappa shape index (κ1) is 16.3. The second kappa shape index (κ2) is 6.52. The Labute approximate surface area is 138 Å². The van der Waals surface area contributed by atoms with Crippen LogP contribution in [0.4, 0.5) is 0 Å². The summed E-state index contributed by atoms with van der Waals surface area (Å²) >= 11 is -1.99. The molecule has 122 valence electrons. The SMILES string of the molecule is Cc1ccc(S(=O)(=O)N2[C@@H](Cc3ccccc3)COS2=O)cc1. The molecule has 2 aromatic rings. The van der Waals surface area contributed by atoms with E-state index in [2.05, 4.69) is 0 Å². The van der Waals surface area contributed by atoms with E-state index < -0.39 is 27.3 Å². The van der Waals surface area contributed by atoms with Gasteiger partial charge in [0.25, 0.3) is 21.3 Å². The van der Waals surface area contributed by atoms with Gasteiger partial charge in [0, 0.05) is 0 Å². The Bertz CT molecular complexity index is 804. The van der Waals surface area contributed by atoms with Crippen LogP contribution in [0.1, 0.15) is 11.1 Å². The van der Waals surface area contributed by atoms with Gasteiger partial charge < -0.3 is 0 Å². The molecule has 1 aliphatic heterocycles. The maximum Gasteiger partial charge on any atom is 0.256 e. The van der Waals surface area contributed by atoms with Crippen LogP contribution in [-0.2, 0) is 31.9 Å². The Kier molecular flexibility index (Phi) is 4.63. The number of hydrogen-bond acceptors (Lipinski definition) is 4. The molecule has 1 aliphatic rings. The first-order valence-electron chi connectivity index (χ1n) is 7.18. The van der Waals surface area contributed by atoms with Crippen LogP contribution in [0.2, 0.25) is 0 Å². The fraction of sp³-hybridized carbons (Fsp3) is 0.250.